The van der Waals surface area contributed by atoms with Crippen molar-refractivity contribution in [1.29, 1.82) is 0 Å². The van der Waals surface area contributed by atoms with E-state index >= 15 is 0 Å². The quantitative estimate of drug-likeness (QED) is 0.168. The number of hydrogen-bond donors (Lipinski definition) is 0. The van der Waals surface area contributed by atoms with Crippen LogP contribution in [0.3, 0.4) is 0 Å². The van der Waals surface area contributed by atoms with E-state index in [1.807, 2.05) is 111 Å². The van der Waals surface area contributed by atoms with Crippen LogP contribution in [-0.2, 0) is 4.79 Å². The van der Waals surface area contributed by atoms with Crippen LogP contribution in [-0.4, -0.2) is 16.1 Å². The normalized spacial score (nSPS) is 16.6. The van der Waals surface area contributed by atoms with Gasteiger partial charge in [-0.15, -0.1) is 0 Å². The molecule has 4 aromatic carbocycles. The summed E-state index contributed by atoms with van der Waals surface area (Å²) in [6.07, 6.45) is 0. The van der Waals surface area contributed by atoms with Crippen molar-refractivity contribution >= 4 is 68.1 Å². The molecular weight excluding hydrogens is 539 g/mol. The van der Waals surface area contributed by atoms with E-state index in [2.05, 4.69) is 9.14 Å². The van der Waals surface area contributed by atoms with Gasteiger partial charge in [-0.3, -0.25) is 4.79 Å². The highest BCUT2D eigenvalue weighted by atomic mass is 35.5. The first kappa shape index (κ1) is 24.6. The summed E-state index contributed by atoms with van der Waals surface area (Å²) in [5, 5.41) is 16.1. The molecule has 2 heterocycles. The lowest BCUT2D eigenvalue weighted by Gasteiger charge is -2.32. The SMILES string of the molecule is CC1=[N+](c2ccc(Cl)cc2)c2ccccc2/C1=C1/C(=O)C(c2c(C)n(-c3ccc(Cl)cc3)c3ccccc23)=C1[O-]. The molecule has 1 aromatic heterocycles. The van der Waals surface area contributed by atoms with Gasteiger partial charge >= 0.3 is 0 Å². The number of carbonyl (C=O) groups excluding carboxylic acids is 1. The van der Waals surface area contributed by atoms with Crippen LogP contribution < -0.4 is 9.68 Å². The molecule has 0 atom stereocenters. The Balaban J connectivity index is 1.46. The molecule has 0 radical (unpaired) electrons. The summed E-state index contributed by atoms with van der Waals surface area (Å²) < 4.78 is 4.15. The summed E-state index contributed by atoms with van der Waals surface area (Å²) in [6, 6.07) is 30.8. The highest BCUT2D eigenvalue weighted by Crippen LogP contribution is 2.47. The first-order chi connectivity index (χ1) is 19.4. The lowest BCUT2D eigenvalue weighted by molar-refractivity contribution is -0.297. The number of fused-ring (bicyclic) bond motifs is 2. The minimum atomic E-state index is -0.228. The number of halogens is 2. The Labute approximate surface area is 241 Å². The molecule has 5 aromatic rings. The maximum absolute atomic E-state index is 14.0. The second kappa shape index (κ2) is 9.09. The third kappa shape index (κ3) is 3.46. The molecule has 0 spiro atoms. The predicted octanol–water partition coefficient (Wildman–Crippen LogP) is 7.66. The van der Waals surface area contributed by atoms with Crippen LogP contribution in [0.2, 0.25) is 10.0 Å². The van der Waals surface area contributed by atoms with Gasteiger partial charge in [0.2, 0.25) is 11.4 Å². The highest BCUT2D eigenvalue weighted by molar-refractivity contribution is 6.48. The van der Waals surface area contributed by atoms with Gasteiger partial charge in [0.1, 0.15) is 0 Å². The van der Waals surface area contributed by atoms with Crippen LogP contribution in [0.1, 0.15) is 23.7 Å². The van der Waals surface area contributed by atoms with Crippen LogP contribution in [0.4, 0.5) is 11.4 Å². The van der Waals surface area contributed by atoms with Gasteiger partial charge in [-0.05, 0) is 55.5 Å². The lowest BCUT2D eigenvalue weighted by Crippen LogP contribution is -2.31. The maximum Gasteiger partial charge on any atom is 0.219 e. The number of allylic oxidation sites excluding steroid dienone is 3. The van der Waals surface area contributed by atoms with E-state index < -0.39 is 0 Å². The molecule has 1 aliphatic heterocycles. The molecule has 0 unspecified atom stereocenters. The average molecular weight is 561 g/mol. The first-order valence-corrected chi connectivity index (χ1v) is 13.7. The molecule has 2 aliphatic rings. The Bertz CT molecular complexity index is 1990. The van der Waals surface area contributed by atoms with Gasteiger partial charge in [0.15, 0.2) is 11.5 Å². The molecule has 7 rings (SSSR count). The molecule has 0 amide bonds. The molecule has 0 saturated heterocycles. The van der Waals surface area contributed by atoms with Gasteiger partial charge in [0, 0.05) is 68.6 Å². The van der Waals surface area contributed by atoms with Crippen LogP contribution in [0.5, 0.6) is 0 Å². The fourth-order valence-corrected chi connectivity index (χ4v) is 6.31. The second-order valence-corrected chi connectivity index (χ2v) is 10.9. The first-order valence-electron chi connectivity index (χ1n) is 12.9. The Morgan fingerprint density at radius 2 is 1.35 bits per heavy atom. The van der Waals surface area contributed by atoms with Crippen molar-refractivity contribution in [2.75, 3.05) is 0 Å². The number of hydrogen-bond acceptors (Lipinski definition) is 2. The minimum absolute atomic E-state index is 0.228. The summed E-state index contributed by atoms with van der Waals surface area (Å²) in [5.41, 5.74) is 8.05. The lowest BCUT2D eigenvalue weighted by atomic mass is 9.78. The molecule has 0 bridgehead atoms. The summed E-state index contributed by atoms with van der Waals surface area (Å²) in [4.78, 5) is 14.0. The zero-order chi connectivity index (χ0) is 27.7. The van der Waals surface area contributed by atoms with Crippen LogP contribution in [0.25, 0.3) is 27.7 Å². The van der Waals surface area contributed by atoms with Crippen molar-refractivity contribution in [2.24, 2.45) is 0 Å². The summed E-state index contributed by atoms with van der Waals surface area (Å²) in [5.74, 6) is -0.455. The van der Waals surface area contributed by atoms with Crippen molar-refractivity contribution in [3.63, 3.8) is 0 Å². The van der Waals surface area contributed by atoms with Crippen molar-refractivity contribution in [1.82, 2.24) is 9.14 Å². The molecule has 0 saturated carbocycles. The van der Waals surface area contributed by atoms with Crippen LogP contribution in [0.15, 0.2) is 108 Å². The smallest absolute Gasteiger partial charge is 0.219 e. The van der Waals surface area contributed by atoms with E-state index in [9.17, 15) is 9.90 Å². The van der Waals surface area contributed by atoms with Gasteiger partial charge < -0.3 is 9.67 Å². The molecule has 6 heteroatoms. The number of ketones is 1. The van der Waals surface area contributed by atoms with Crippen LogP contribution in [0, 0.1) is 6.92 Å². The number of para-hydroxylation sites is 2. The van der Waals surface area contributed by atoms with Crippen molar-refractivity contribution in [3.05, 3.63) is 135 Å². The monoisotopic (exact) mass is 560 g/mol. The van der Waals surface area contributed by atoms with Crippen LogP contribution >= 0.6 is 23.2 Å². The molecule has 0 N–H and O–H groups in total. The third-order valence-corrected chi connectivity index (χ3v) is 8.30. The highest BCUT2D eigenvalue weighted by Gasteiger charge is 2.41. The summed E-state index contributed by atoms with van der Waals surface area (Å²) in [7, 11) is 0. The molecule has 4 nitrogen and oxygen atoms in total. The number of Topliss-reactive ketones (excluding diaryl/α,β-unsaturated/α-hetero) is 1. The summed E-state index contributed by atoms with van der Waals surface area (Å²) >= 11 is 12.3. The third-order valence-electron chi connectivity index (χ3n) is 7.80. The van der Waals surface area contributed by atoms with E-state index in [0.29, 0.717) is 21.2 Å². The number of carbonyl (C=O) groups is 1. The second-order valence-electron chi connectivity index (χ2n) is 9.99. The van der Waals surface area contributed by atoms with E-state index in [1.165, 1.54) is 0 Å². The molecule has 194 valence electrons. The average Bonchev–Trinajstić information content (AvgIpc) is 3.41. The van der Waals surface area contributed by atoms with Gasteiger partial charge in [-0.25, -0.2) is 0 Å². The van der Waals surface area contributed by atoms with Crippen molar-refractivity contribution < 1.29 is 9.90 Å². The van der Waals surface area contributed by atoms with E-state index in [0.717, 1.165) is 44.9 Å². The van der Waals surface area contributed by atoms with Crippen molar-refractivity contribution in [2.45, 2.75) is 13.8 Å². The fourth-order valence-electron chi connectivity index (χ4n) is 6.06. The zero-order valence-corrected chi connectivity index (χ0v) is 23.2. The Morgan fingerprint density at radius 1 is 0.725 bits per heavy atom. The zero-order valence-electron chi connectivity index (χ0n) is 21.7. The van der Waals surface area contributed by atoms with Gasteiger partial charge in [0.25, 0.3) is 0 Å². The molecule has 0 fully saturated rings. The standard InChI is InChI=1S/C34H22Cl2N2O2/c1-19-29(25-7-3-5-9-27(25)37(19)23-15-11-21(35)12-16-23)31-33(39)32(34(31)40)30-20(2)38(24-17-13-22(36)14-18-24)28-10-6-4-8-26(28)30/h3-18H,1-2H3. The minimum Gasteiger partial charge on any atom is -0.871 e. The largest absolute Gasteiger partial charge is 0.871 e. The topological polar surface area (TPSA) is 48.1 Å². The number of rotatable bonds is 3. The van der Waals surface area contributed by atoms with E-state index in [-0.39, 0.29) is 22.7 Å². The Kier molecular flexibility index (Phi) is 5.60. The maximum atomic E-state index is 14.0. The Morgan fingerprint density at radius 3 is 2.05 bits per heavy atom. The molecule has 40 heavy (non-hydrogen) atoms. The molecular formula is C34H22Cl2N2O2. The van der Waals surface area contributed by atoms with E-state index in [1.54, 1.807) is 0 Å². The Hall–Kier alpha value is -4.38. The summed E-state index contributed by atoms with van der Waals surface area (Å²) in [6.45, 7) is 3.90. The number of nitrogens with zero attached hydrogens (tertiary/aromatic N) is 2. The van der Waals surface area contributed by atoms with Gasteiger partial charge in [-0.2, -0.15) is 4.58 Å². The molecule has 1 aliphatic carbocycles. The predicted molar refractivity (Wildman–Crippen MR) is 162 cm³/mol. The van der Waals surface area contributed by atoms with Gasteiger partial charge in [0.05, 0.1) is 16.7 Å². The number of aromatic nitrogens is 1. The van der Waals surface area contributed by atoms with Crippen molar-refractivity contribution in [3.8, 4) is 5.69 Å². The van der Waals surface area contributed by atoms with E-state index in [4.69, 9.17) is 23.2 Å². The van der Waals surface area contributed by atoms with Gasteiger partial charge in [-0.1, -0.05) is 59.3 Å². The fraction of sp³-hybridized carbons (Fsp3) is 0.0588. The number of benzene rings is 4.